The summed E-state index contributed by atoms with van der Waals surface area (Å²) in [6, 6.07) is 15.5. The number of hydrogen-bond acceptors (Lipinski definition) is 4. The number of hydrazone groups is 1. The van der Waals surface area contributed by atoms with Gasteiger partial charge in [-0.05, 0) is 61.0 Å². The van der Waals surface area contributed by atoms with Crippen molar-refractivity contribution < 1.29 is 14.3 Å². The van der Waals surface area contributed by atoms with Gasteiger partial charge in [0.05, 0.1) is 6.21 Å². The molecule has 1 heterocycles. The van der Waals surface area contributed by atoms with Crippen LogP contribution in [0.25, 0.3) is 11.3 Å². The zero-order valence-corrected chi connectivity index (χ0v) is 14.9. The van der Waals surface area contributed by atoms with Gasteiger partial charge >= 0.3 is 0 Å². The highest BCUT2D eigenvalue weighted by Crippen LogP contribution is 2.30. The smallest absolute Gasteiger partial charge is 0.271 e. The molecule has 0 radical (unpaired) electrons. The average Bonchev–Trinajstić information content (AvgIpc) is 3.04. The first kappa shape index (κ1) is 17.0. The Morgan fingerprint density at radius 2 is 1.92 bits per heavy atom. The molecule has 1 aromatic heterocycles. The fraction of sp³-hybridized carbons (Fsp3) is 0.0526. The van der Waals surface area contributed by atoms with E-state index in [0.29, 0.717) is 17.1 Å². The minimum atomic E-state index is -0.371. The Morgan fingerprint density at radius 1 is 1.16 bits per heavy atom. The third kappa shape index (κ3) is 4.16. The van der Waals surface area contributed by atoms with Gasteiger partial charge in [-0.1, -0.05) is 22.0 Å². The molecule has 0 atom stereocenters. The highest BCUT2D eigenvalue weighted by atomic mass is 79.9. The molecule has 1 amide bonds. The van der Waals surface area contributed by atoms with Crippen molar-refractivity contribution in [2.24, 2.45) is 5.10 Å². The van der Waals surface area contributed by atoms with E-state index in [4.69, 9.17) is 4.42 Å². The molecule has 126 valence electrons. The summed E-state index contributed by atoms with van der Waals surface area (Å²) in [6.07, 6.45) is 1.43. The molecule has 0 aliphatic carbocycles. The number of nitrogens with one attached hydrogen (secondary N) is 1. The van der Waals surface area contributed by atoms with Crippen molar-refractivity contribution in [1.29, 1.82) is 0 Å². The Bertz CT molecular complexity index is 930. The molecule has 0 saturated carbocycles. The minimum Gasteiger partial charge on any atom is -0.508 e. The van der Waals surface area contributed by atoms with Crippen LogP contribution >= 0.6 is 15.9 Å². The van der Waals surface area contributed by atoms with Crippen LogP contribution in [0, 0.1) is 6.92 Å². The number of benzene rings is 2. The summed E-state index contributed by atoms with van der Waals surface area (Å²) < 4.78 is 6.68. The molecule has 0 saturated heterocycles. The highest BCUT2D eigenvalue weighted by molar-refractivity contribution is 9.10. The molecular formula is C19H15BrN2O3. The van der Waals surface area contributed by atoms with Crippen LogP contribution in [0.5, 0.6) is 5.75 Å². The molecule has 2 N–H and O–H groups in total. The molecule has 0 aliphatic heterocycles. The van der Waals surface area contributed by atoms with Crippen molar-refractivity contribution in [1.82, 2.24) is 5.43 Å². The first-order valence-electron chi connectivity index (χ1n) is 7.52. The minimum absolute atomic E-state index is 0.102. The highest BCUT2D eigenvalue weighted by Gasteiger charge is 2.08. The predicted octanol–water partition coefficient (Wildman–Crippen LogP) is 4.49. The summed E-state index contributed by atoms with van der Waals surface area (Å²) in [5.41, 5.74) is 4.91. The largest absolute Gasteiger partial charge is 0.508 e. The Labute approximate surface area is 153 Å². The maximum atomic E-state index is 11.9. The van der Waals surface area contributed by atoms with E-state index < -0.39 is 0 Å². The molecule has 0 spiro atoms. The molecule has 3 aromatic rings. The van der Waals surface area contributed by atoms with Crippen LogP contribution in [0.3, 0.4) is 0 Å². The second-order valence-electron chi connectivity index (χ2n) is 5.43. The van der Waals surface area contributed by atoms with E-state index in [9.17, 15) is 9.90 Å². The molecule has 25 heavy (non-hydrogen) atoms. The Kier molecular flexibility index (Phi) is 5.00. The molecule has 3 rings (SSSR count). The Hall–Kier alpha value is -2.86. The summed E-state index contributed by atoms with van der Waals surface area (Å²) in [6.45, 7) is 2.02. The van der Waals surface area contributed by atoms with Gasteiger partial charge in [-0.25, -0.2) is 5.43 Å². The number of phenolic OH excluding ortho intramolecular Hbond substituents is 1. The molecule has 6 heteroatoms. The number of amides is 1. The molecule has 0 aliphatic rings. The summed E-state index contributed by atoms with van der Waals surface area (Å²) in [7, 11) is 0. The van der Waals surface area contributed by atoms with Crippen molar-refractivity contribution in [3.8, 4) is 17.1 Å². The van der Waals surface area contributed by atoms with Crippen LogP contribution < -0.4 is 5.43 Å². The molecule has 0 unspecified atom stereocenters. The van der Waals surface area contributed by atoms with Gasteiger partial charge < -0.3 is 9.52 Å². The number of carbonyl (C=O) groups excluding carboxylic acids is 1. The molecular weight excluding hydrogens is 384 g/mol. The number of furan rings is 1. The third-order valence-corrected chi connectivity index (χ3v) is 4.16. The first-order chi connectivity index (χ1) is 12.0. The van der Waals surface area contributed by atoms with Crippen LogP contribution in [0.2, 0.25) is 0 Å². The lowest BCUT2D eigenvalue weighted by Gasteiger charge is -2.02. The summed E-state index contributed by atoms with van der Waals surface area (Å²) in [5, 5.41) is 13.1. The number of halogens is 1. The van der Waals surface area contributed by atoms with Crippen LogP contribution in [0.4, 0.5) is 0 Å². The van der Waals surface area contributed by atoms with Gasteiger partial charge in [-0.3, -0.25) is 4.79 Å². The zero-order chi connectivity index (χ0) is 17.8. The van der Waals surface area contributed by atoms with E-state index in [2.05, 4.69) is 26.5 Å². The standard InChI is InChI=1S/C19H15BrN2O3/c1-12-2-8-16(17(20)10-12)18-9-7-15(25-18)11-21-22-19(24)13-3-5-14(23)6-4-13/h2-11,23H,1H3,(H,22,24)/b21-11-. The average molecular weight is 399 g/mol. The van der Waals surface area contributed by atoms with E-state index in [1.165, 1.54) is 30.5 Å². The number of aromatic hydroxyl groups is 1. The van der Waals surface area contributed by atoms with Crippen molar-refractivity contribution in [2.45, 2.75) is 6.92 Å². The Balaban J connectivity index is 1.67. The maximum absolute atomic E-state index is 11.9. The topological polar surface area (TPSA) is 74.8 Å². The molecule has 2 aromatic carbocycles. The molecule has 0 bridgehead atoms. The van der Waals surface area contributed by atoms with Gasteiger partial charge in [0, 0.05) is 15.6 Å². The van der Waals surface area contributed by atoms with E-state index in [1.54, 1.807) is 6.07 Å². The zero-order valence-electron chi connectivity index (χ0n) is 13.4. The first-order valence-corrected chi connectivity index (χ1v) is 8.31. The van der Waals surface area contributed by atoms with Gasteiger partial charge in [-0.2, -0.15) is 5.10 Å². The quantitative estimate of drug-likeness (QED) is 0.502. The second kappa shape index (κ2) is 7.36. The predicted molar refractivity (Wildman–Crippen MR) is 99.7 cm³/mol. The van der Waals surface area contributed by atoms with Crippen LogP contribution in [0.15, 0.2) is 68.6 Å². The van der Waals surface area contributed by atoms with Crippen molar-refractivity contribution in [3.63, 3.8) is 0 Å². The van der Waals surface area contributed by atoms with Crippen LogP contribution in [-0.2, 0) is 0 Å². The fourth-order valence-electron chi connectivity index (χ4n) is 2.22. The number of hydrogen-bond donors (Lipinski definition) is 2. The van der Waals surface area contributed by atoms with Gasteiger partial charge in [0.1, 0.15) is 17.3 Å². The third-order valence-electron chi connectivity index (χ3n) is 3.50. The lowest BCUT2D eigenvalue weighted by atomic mass is 10.1. The normalized spacial score (nSPS) is 11.0. The van der Waals surface area contributed by atoms with Crippen molar-refractivity contribution in [3.05, 3.63) is 76.0 Å². The second-order valence-corrected chi connectivity index (χ2v) is 6.29. The summed E-state index contributed by atoms with van der Waals surface area (Å²) >= 11 is 3.53. The molecule has 0 fully saturated rings. The lowest BCUT2D eigenvalue weighted by Crippen LogP contribution is -2.17. The van der Waals surface area contributed by atoms with Crippen molar-refractivity contribution >= 4 is 28.1 Å². The maximum Gasteiger partial charge on any atom is 0.271 e. The number of carbonyl (C=O) groups is 1. The summed E-state index contributed by atoms with van der Waals surface area (Å²) in [4.78, 5) is 11.9. The fourth-order valence-corrected chi connectivity index (χ4v) is 2.91. The number of aryl methyl sites for hydroxylation is 1. The van der Waals surface area contributed by atoms with Gasteiger partial charge in [0.25, 0.3) is 5.91 Å². The van der Waals surface area contributed by atoms with E-state index in [1.807, 2.05) is 31.2 Å². The monoisotopic (exact) mass is 398 g/mol. The number of rotatable bonds is 4. The van der Waals surface area contributed by atoms with E-state index in [-0.39, 0.29) is 11.7 Å². The van der Waals surface area contributed by atoms with Crippen LogP contribution in [0.1, 0.15) is 21.7 Å². The lowest BCUT2D eigenvalue weighted by molar-refractivity contribution is 0.0955. The Morgan fingerprint density at radius 3 is 2.64 bits per heavy atom. The van der Waals surface area contributed by atoms with Gasteiger partial charge in [0.15, 0.2) is 0 Å². The van der Waals surface area contributed by atoms with Crippen LogP contribution in [-0.4, -0.2) is 17.2 Å². The van der Waals surface area contributed by atoms with E-state index >= 15 is 0 Å². The molecule has 5 nitrogen and oxygen atoms in total. The summed E-state index contributed by atoms with van der Waals surface area (Å²) in [5.74, 6) is 0.960. The van der Waals surface area contributed by atoms with Gasteiger partial charge in [0.2, 0.25) is 0 Å². The van der Waals surface area contributed by atoms with E-state index in [0.717, 1.165) is 15.6 Å². The number of nitrogens with zero attached hydrogens (tertiary/aromatic N) is 1. The SMILES string of the molecule is Cc1ccc(-c2ccc(/C=N\NC(=O)c3ccc(O)cc3)o2)c(Br)c1. The van der Waals surface area contributed by atoms with Crippen molar-refractivity contribution in [2.75, 3.05) is 0 Å². The van der Waals surface area contributed by atoms with Gasteiger partial charge in [-0.15, -0.1) is 0 Å². The number of phenols is 1.